The molecule has 2 aliphatic rings. The number of likely N-dealkylation sites (tertiary alicyclic amines) is 1. The van der Waals surface area contributed by atoms with Crippen molar-refractivity contribution in [2.24, 2.45) is 0 Å². The molecule has 0 spiro atoms. The van der Waals surface area contributed by atoms with Crippen molar-refractivity contribution in [1.82, 2.24) is 14.9 Å². The lowest BCUT2D eigenvalue weighted by Crippen LogP contribution is -2.37. The van der Waals surface area contributed by atoms with Crippen LogP contribution in [0.5, 0.6) is 5.75 Å². The number of hydrogen-bond acceptors (Lipinski definition) is 6. The van der Waals surface area contributed by atoms with Crippen molar-refractivity contribution in [3.05, 3.63) is 47.8 Å². The van der Waals surface area contributed by atoms with Crippen LogP contribution in [0, 0.1) is 0 Å². The molecule has 1 aromatic carbocycles. The van der Waals surface area contributed by atoms with Gasteiger partial charge >= 0.3 is 0 Å². The minimum absolute atomic E-state index is 0.423. The van der Waals surface area contributed by atoms with Gasteiger partial charge in [-0.2, -0.15) is 0 Å². The van der Waals surface area contributed by atoms with Gasteiger partial charge in [-0.1, -0.05) is 12.1 Å². The van der Waals surface area contributed by atoms with Crippen LogP contribution in [-0.2, 0) is 11.3 Å². The first-order valence-electron chi connectivity index (χ1n) is 9.36. The first-order chi connectivity index (χ1) is 12.8. The van der Waals surface area contributed by atoms with E-state index in [1.807, 2.05) is 18.3 Å². The summed E-state index contributed by atoms with van der Waals surface area (Å²) >= 11 is 0. The van der Waals surface area contributed by atoms with Gasteiger partial charge in [-0.3, -0.25) is 4.90 Å². The van der Waals surface area contributed by atoms with E-state index in [4.69, 9.17) is 14.5 Å². The number of rotatable bonds is 5. The summed E-state index contributed by atoms with van der Waals surface area (Å²) in [5.74, 6) is 1.74. The van der Waals surface area contributed by atoms with E-state index in [0.717, 1.165) is 56.8 Å². The molecule has 2 fully saturated rings. The van der Waals surface area contributed by atoms with Crippen molar-refractivity contribution < 1.29 is 9.47 Å². The normalized spacial score (nSPS) is 21.1. The molecule has 1 atom stereocenters. The van der Waals surface area contributed by atoms with E-state index in [1.54, 1.807) is 7.11 Å². The Bertz CT molecular complexity index is 733. The van der Waals surface area contributed by atoms with Crippen molar-refractivity contribution in [2.75, 3.05) is 44.9 Å². The Hall–Kier alpha value is -2.18. The summed E-state index contributed by atoms with van der Waals surface area (Å²) in [6, 6.07) is 10.9. The predicted molar refractivity (Wildman–Crippen MR) is 100 cm³/mol. The van der Waals surface area contributed by atoms with Gasteiger partial charge in [0.05, 0.1) is 26.0 Å². The molecule has 2 aliphatic heterocycles. The summed E-state index contributed by atoms with van der Waals surface area (Å²) in [4.78, 5) is 14.0. The molecule has 26 heavy (non-hydrogen) atoms. The van der Waals surface area contributed by atoms with Crippen LogP contribution in [0.15, 0.2) is 36.5 Å². The fourth-order valence-corrected chi connectivity index (χ4v) is 3.84. The van der Waals surface area contributed by atoms with Gasteiger partial charge in [0, 0.05) is 31.9 Å². The number of hydrogen-bond donors (Lipinski definition) is 0. The van der Waals surface area contributed by atoms with E-state index in [-0.39, 0.29) is 0 Å². The Kier molecular flexibility index (Phi) is 5.32. The molecule has 0 saturated carbocycles. The van der Waals surface area contributed by atoms with Gasteiger partial charge in [0.1, 0.15) is 5.75 Å². The van der Waals surface area contributed by atoms with E-state index < -0.39 is 0 Å². The number of anilines is 1. The quantitative estimate of drug-likeness (QED) is 0.823. The molecule has 6 heteroatoms. The molecule has 0 aliphatic carbocycles. The number of benzene rings is 1. The van der Waals surface area contributed by atoms with Gasteiger partial charge in [0.15, 0.2) is 0 Å². The molecule has 0 radical (unpaired) electrons. The molecule has 0 bridgehead atoms. The minimum Gasteiger partial charge on any atom is -0.497 e. The van der Waals surface area contributed by atoms with Crippen molar-refractivity contribution >= 4 is 5.95 Å². The zero-order chi connectivity index (χ0) is 17.8. The lowest BCUT2D eigenvalue weighted by atomic mass is 10.0. The van der Waals surface area contributed by atoms with Crippen LogP contribution in [-0.4, -0.2) is 54.8 Å². The SMILES string of the molecule is COc1cccc(C2CCCN2Cc2ccnc(N3CCOCC3)n2)c1. The molecule has 2 saturated heterocycles. The minimum atomic E-state index is 0.423. The number of aromatic nitrogens is 2. The third-order valence-electron chi connectivity index (χ3n) is 5.20. The van der Waals surface area contributed by atoms with Crippen LogP contribution in [0.2, 0.25) is 0 Å². The van der Waals surface area contributed by atoms with Crippen LogP contribution in [0.1, 0.15) is 30.1 Å². The standard InChI is InChI=1S/C20H26N4O2/c1-25-18-5-2-4-16(14-18)19-6-3-9-24(19)15-17-7-8-21-20(22-17)23-10-12-26-13-11-23/h2,4-5,7-8,14,19H,3,6,9-13,15H2,1H3. The van der Waals surface area contributed by atoms with Gasteiger partial charge in [-0.15, -0.1) is 0 Å². The summed E-state index contributed by atoms with van der Waals surface area (Å²) in [5, 5.41) is 0. The van der Waals surface area contributed by atoms with Gasteiger partial charge in [-0.05, 0) is 43.1 Å². The third kappa shape index (κ3) is 3.81. The zero-order valence-corrected chi connectivity index (χ0v) is 15.3. The second-order valence-corrected chi connectivity index (χ2v) is 6.85. The highest BCUT2D eigenvalue weighted by molar-refractivity contribution is 5.32. The van der Waals surface area contributed by atoms with Gasteiger partial charge in [-0.25, -0.2) is 9.97 Å². The largest absolute Gasteiger partial charge is 0.497 e. The van der Waals surface area contributed by atoms with Gasteiger partial charge < -0.3 is 14.4 Å². The second-order valence-electron chi connectivity index (χ2n) is 6.85. The summed E-state index contributed by atoms with van der Waals surface area (Å²) in [7, 11) is 1.72. The molecular weight excluding hydrogens is 328 g/mol. The molecule has 0 amide bonds. The maximum atomic E-state index is 5.43. The Morgan fingerprint density at radius 2 is 2.08 bits per heavy atom. The fourth-order valence-electron chi connectivity index (χ4n) is 3.84. The van der Waals surface area contributed by atoms with Crippen LogP contribution in [0.3, 0.4) is 0 Å². The fraction of sp³-hybridized carbons (Fsp3) is 0.500. The molecule has 6 nitrogen and oxygen atoms in total. The van der Waals surface area contributed by atoms with Crippen molar-refractivity contribution in [2.45, 2.75) is 25.4 Å². The highest BCUT2D eigenvalue weighted by atomic mass is 16.5. The predicted octanol–water partition coefficient (Wildman–Crippen LogP) is 2.66. The number of methoxy groups -OCH3 is 1. The molecular formula is C20H26N4O2. The average molecular weight is 354 g/mol. The van der Waals surface area contributed by atoms with E-state index in [2.05, 4.69) is 33.0 Å². The van der Waals surface area contributed by atoms with E-state index in [1.165, 1.54) is 18.4 Å². The first-order valence-corrected chi connectivity index (χ1v) is 9.36. The number of morpholine rings is 1. The van der Waals surface area contributed by atoms with Crippen molar-refractivity contribution in [3.8, 4) is 5.75 Å². The van der Waals surface area contributed by atoms with Gasteiger partial charge in [0.25, 0.3) is 0 Å². The lowest BCUT2D eigenvalue weighted by molar-refractivity contribution is 0.122. The maximum absolute atomic E-state index is 5.43. The van der Waals surface area contributed by atoms with Crippen LogP contribution >= 0.6 is 0 Å². The Labute approximate surface area is 154 Å². The zero-order valence-electron chi connectivity index (χ0n) is 15.3. The molecule has 1 aromatic heterocycles. The van der Waals surface area contributed by atoms with Gasteiger partial charge in [0.2, 0.25) is 5.95 Å². The Morgan fingerprint density at radius 1 is 1.19 bits per heavy atom. The highest BCUT2D eigenvalue weighted by Gasteiger charge is 2.27. The molecule has 0 N–H and O–H groups in total. The summed E-state index contributed by atoms with van der Waals surface area (Å²) in [6.07, 6.45) is 4.27. The summed E-state index contributed by atoms with van der Waals surface area (Å²) in [6.45, 7) is 5.16. The second kappa shape index (κ2) is 8.01. The summed E-state index contributed by atoms with van der Waals surface area (Å²) < 4.78 is 10.8. The Balaban J connectivity index is 1.49. The van der Waals surface area contributed by atoms with Crippen LogP contribution in [0.4, 0.5) is 5.95 Å². The molecule has 4 rings (SSSR count). The molecule has 138 valence electrons. The first kappa shape index (κ1) is 17.2. The monoisotopic (exact) mass is 354 g/mol. The summed E-state index contributed by atoms with van der Waals surface area (Å²) in [5.41, 5.74) is 2.40. The molecule has 2 aromatic rings. The highest BCUT2D eigenvalue weighted by Crippen LogP contribution is 2.34. The topological polar surface area (TPSA) is 50.7 Å². The van der Waals surface area contributed by atoms with Crippen molar-refractivity contribution in [3.63, 3.8) is 0 Å². The van der Waals surface area contributed by atoms with Crippen LogP contribution < -0.4 is 9.64 Å². The van der Waals surface area contributed by atoms with E-state index in [9.17, 15) is 0 Å². The van der Waals surface area contributed by atoms with Crippen molar-refractivity contribution in [1.29, 1.82) is 0 Å². The number of nitrogens with zero attached hydrogens (tertiary/aromatic N) is 4. The maximum Gasteiger partial charge on any atom is 0.225 e. The van der Waals surface area contributed by atoms with E-state index >= 15 is 0 Å². The van der Waals surface area contributed by atoms with Crippen LogP contribution in [0.25, 0.3) is 0 Å². The number of ether oxygens (including phenoxy) is 2. The average Bonchev–Trinajstić information content (AvgIpc) is 3.17. The Morgan fingerprint density at radius 3 is 2.92 bits per heavy atom. The van der Waals surface area contributed by atoms with E-state index in [0.29, 0.717) is 6.04 Å². The molecule has 3 heterocycles. The smallest absolute Gasteiger partial charge is 0.225 e. The lowest BCUT2D eigenvalue weighted by Gasteiger charge is -2.28. The molecule has 1 unspecified atom stereocenters. The third-order valence-corrected chi connectivity index (χ3v) is 5.20.